The Bertz CT molecular complexity index is 317. The molecule has 1 N–H and O–H groups in total. The normalized spacial score (nSPS) is 11.3. The summed E-state index contributed by atoms with van der Waals surface area (Å²) in [5, 5.41) is 9.09. The van der Waals surface area contributed by atoms with Gasteiger partial charge in [-0.25, -0.2) is 4.79 Å². The summed E-state index contributed by atoms with van der Waals surface area (Å²) in [5.41, 5.74) is 1.26. The lowest BCUT2D eigenvalue weighted by molar-refractivity contribution is -0.132. The first-order valence-electron chi connectivity index (χ1n) is 3.79. The molecule has 0 bridgehead atoms. The summed E-state index contributed by atoms with van der Waals surface area (Å²) in [4.78, 5) is 10.6. The first-order chi connectivity index (χ1) is 6.24. The Morgan fingerprint density at radius 3 is 2.46 bits per heavy atom. The van der Waals surface area contributed by atoms with Crippen molar-refractivity contribution in [3.05, 3.63) is 41.5 Å². The molecule has 0 unspecified atom stereocenters. The fourth-order valence-electron chi connectivity index (χ4n) is 0.908. The van der Waals surface area contributed by atoms with Crippen LogP contribution in [0.1, 0.15) is 5.56 Å². The fourth-order valence-corrected chi connectivity index (χ4v) is 1.31. The Morgan fingerprint density at radius 2 is 2.00 bits per heavy atom. The zero-order chi connectivity index (χ0) is 9.68. The molecule has 2 nitrogen and oxygen atoms in total. The molecule has 0 heterocycles. The zero-order valence-electron chi connectivity index (χ0n) is 6.90. The largest absolute Gasteiger partial charge is 0.478 e. The monoisotopic (exact) mass is 240 g/mol. The minimum absolute atomic E-state index is 0.353. The molecule has 1 aromatic carbocycles. The number of carboxylic acids is 1. The number of hydrogen-bond donors (Lipinski definition) is 1. The molecule has 0 saturated heterocycles. The molecule has 0 amide bonds. The van der Waals surface area contributed by atoms with Crippen molar-refractivity contribution < 1.29 is 9.90 Å². The standard InChI is InChI=1S/C10H9BrO2/c11-7-9(10(12)13)6-8-4-2-1-3-5-8/h1-6H,7H2,(H,12,13). The number of carbonyl (C=O) groups is 1. The van der Waals surface area contributed by atoms with Gasteiger partial charge in [0.05, 0.1) is 0 Å². The van der Waals surface area contributed by atoms with Crippen LogP contribution in [0.25, 0.3) is 6.08 Å². The van der Waals surface area contributed by atoms with E-state index in [1.165, 1.54) is 0 Å². The molecule has 68 valence electrons. The summed E-state index contributed by atoms with van der Waals surface area (Å²) in [6.45, 7) is 0. The second kappa shape index (κ2) is 4.82. The highest BCUT2D eigenvalue weighted by Crippen LogP contribution is 2.08. The van der Waals surface area contributed by atoms with E-state index in [4.69, 9.17) is 5.11 Å². The van der Waals surface area contributed by atoms with E-state index in [0.717, 1.165) is 5.56 Å². The van der Waals surface area contributed by atoms with Crippen molar-refractivity contribution in [3.63, 3.8) is 0 Å². The van der Waals surface area contributed by atoms with Crippen LogP contribution in [0.15, 0.2) is 35.9 Å². The molecule has 0 aliphatic rings. The summed E-state index contributed by atoms with van der Waals surface area (Å²) >= 11 is 3.12. The molecule has 1 rings (SSSR count). The first-order valence-corrected chi connectivity index (χ1v) is 4.91. The number of aliphatic carboxylic acids is 1. The van der Waals surface area contributed by atoms with Crippen LogP contribution in [0.5, 0.6) is 0 Å². The Labute approximate surface area is 85.0 Å². The first kappa shape index (κ1) is 9.99. The molecule has 1 aromatic rings. The maximum Gasteiger partial charge on any atom is 0.332 e. The molecule has 3 heteroatoms. The SMILES string of the molecule is O=C(O)C(=Cc1ccccc1)CBr. The molecule has 0 spiro atoms. The number of hydrogen-bond acceptors (Lipinski definition) is 1. The van der Waals surface area contributed by atoms with E-state index in [-0.39, 0.29) is 0 Å². The van der Waals surface area contributed by atoms with Crippen LogP contribution in [-0.4, -0.2) is 16.4 Å². The Kier molecular flexibility index (Phi) is 3.71. The van der Waals surface area contributed by atoms with Crippen LogP contribution in [-0.2, 0) is 4.79 Å². The van der Waals surface area contributed by atoms with Crippen LogP contribution in [0, 0.1) is 0 Å². The van der Waals surface area contributed by atoms with Gasteiger partial charge in [-0.2, -0.15) is 0 Å². The van der Waals surface area contributed by atoms with E-state index in [9.17, 15) is 4.79 Å². The summed E-state index contributed by atoms with van der Waals surface area (Å²) < 4.78 is 0. The minimum atomic E-state index is -0.888. The van der Waals surface area contributed by atoms with Gasteiger partial charge in [0.15, 0.2) is 0 Å². The number of halogens is 1. The van der Waals surface area contributed by atoms with E-state index in [0.29, 0.717) is 10.9 Å². The van der Waals surface area contributed by atoms with Crippen molar-refractivity contribution in [2.75, 3.05) is 5.33 Å². The molecule has 0 aliphatic carbocycles. The Morgan fingerprint density at radius 1 is 1.38 bits per heavy atom. The van der Waals surface area contributed by atoms with Gasteiger partial charge in [0.1, 0.15) is 0 Å². The van der Waals surface area contributed by atoms with E-state index in [1.807, 2.05) is 30.3 Å². The lowest BCUT2D eigenvalue weighted by Crippen LogP contribution is -2.00. The number of alkyl halides is 1. The van der Waals surface area contributed by atoms with E-state index < -0.39 is 5.97 Å². The molecule has 0 aliphatic heterocycles. The van der Waals surface area contributed by atoms with Crippen molar-refractivity contribution >= 4 is 28.0 Å². The van der Waals surface area contributed by atoms with Crippen LogP contribution >= 0.6 is 15.9 Å². The third-order valence-electron chi connectivity index (χ3n) is 1.56. The second-order valence-corrected chi connectivity index (χ2v) is 3.08. The maximum absolute atomic E-state index is 10.6. The van der Waals surface area contributed by atoms with E-state index in [1.54, 1.807) is 6.08 Å². The van der Waals surface area contributed by atoms with E-state index >= 15 is 0 Å². The van der Waals surface area contributed by atoms with Crippen molar-refractivity contribution in [2.45, 2.75) is 0 Å². The van der Waals surface area contributed by atoms with Crippen LogP contribution < -0.4 is 0 Å². The predicted octanol–water partition coefficient (Wildman–Crippen LogP) is 2.55. The smallest absolute Gasteiger partial charge is 0.332 e. The van der Waals surface area contributed by atoms with Crippen molar-refractivity contribution in [1.29, 1.82) is 0 Å². The minimum Gasteiger partial charge on any atom is -0.478 e. The van der Waals surface area contributed by atoms with E-state index in [2.05, 4.69) is 15.9 Å². The average molecular weight is 241 g/mol. The molecular weight excluding hydrogens is 232 g/mol. The Balaban J connectivity index is 2.92. The molecule has 13 heavy (non-hydrogen) atoms. The van der Waals surface area contributed by atoms with Gasteiger partial charge in [-0.1, -0.05) is 46.3 Å². The van der Waals surface area contributed by atoms with Gasteiger partial charge in [0.25, 0.3) is 0 Å². The van der Waals surface area contributed by atoms with Crippen LogP contribution in [0.3, 0.4) is 0 Å². The van der Waals surface area contributed by atoms with Crippen LogP contribution in [0.4, 0.5) is 0 Å². The van der Waals surface area contributed by atoms with Gasteiger partial charge in [0, 0.05) is 10.9 Å². The maximum atomic E-state index is 10.6. The topological polar surface area (TPSA) is 37.3 Å². The molecule has 0 saturated carbocycles. The number of rotatable bonds is 3. The van der Waals surface area contributed by atoms with Gasteiger partial charge >= 0.3 is 5.97 Å². The fraction of sp³-hybridized carbons (Fsp3) is 0.100. The second-order valence-electron chi connectivity index (χ2n) is 2.52. The zero-order valence-corrected chi connectivity index (χ0v) is 8.49. The summed E-state index contributed by atoms with van der Waals surface area (Å²) in [6.07, 6.45) is 1.65. The van der Waals surface area contributed by atoms with Gasteiger partial charge in [-0.15, -0.1) is 0 Å². The van der Waals surface area contributed by atoms with Crippen molar-refractivity contribution in [1.82, 2.24) is 0 Å². The quantitative estimate of drug-likeness (QED) is 0.652. The highest BCUT2D eigenvalue weighted by Gasteiger charge is 2.03. The third-order valence-corrected chi connectivity index (χ3v) is 2.16. The van der Waals surface area contributed by atoms with Crippen molar-refractivity contribution in [3.8, 4) is 0 Å². The molecular formula is C10H9BrO2. The third kappa shape index (κ3) is 3.03. The van der Waals surface area contributed by atoms with Gasteiger partial charge in [-0.05, 0) is 11.6 Å². The molecule has 0 aromatic heterocycles. The molecule has 0 atom stereocenters. The highest BCUT2D eigenvalue weighted by molar-refractivity contribution is 9.09. The molecule has 0 radical (unpaired) electrons. The van der Waals surface area contributed by atoms with Gasteiger partial charge in [0.2, 0.25) is 0 Å². The van der Waals surface area contributed by atoms with Gasteiger partial charge < -0.3 is 5.11 Å². The summed E-state index contributed by atoms with van der Waals surface area (Å²) in [5.74, 6) is -0.888. The number of carboxylic acid groups (broad SMARTS) is 1. The van der Waals surface area contributed by atoms with Crippen LogP contribution in [0.2, 0.25) is 0 Å². The molecule has 0 fully saturated rings. The number of benzene rings is 1. The average Bonchev–Trinajstić information content (AvgIpc) is 2.15. The van der Waals surface area contributed by atoms with Gasteiger partial charge in [-0.3, -0.25) is 0 Å². The summed E-state index contributed by atoms with van der Waals surface area (Å²) in [7, 11) is 0. The predicted molar refractivity (Wildman–Crippen MR) is 55.8 cm³/mol. The lowest BCUT2D eigenvalue weighted by Gasteiger charge is -1.96. The van der Waals surface area contributed by atoms with Crippen molar-refractivity contribution in [2.24, 2.45) is 0 Å². The lowest BCUT2D eigenvalue weighted by atomic mass is 10.1. The Hall–Kier alpha value is -1.09. The summed E-state index contributed by atoms with van der Waals surface area (Å²) in [6, 6.07) is 9.38. The highest BCUT2D eigenvalue weighted by atomic mass is 79.9.